The summed E-state index contributed by atoms with van der Waals surface area (Å²) >= 11 is 0. The molecule has 7 heteroatoms. The van der Waals surface area contributed by atoms with Crippen molar-refractivity contribution in [1.82, 2.24) is 25.0 Å². The topological polar surface area (TPSA) is 85.7 Å². The zero-order chi connectivity index (χ0) is 15.1. The van der Waals surface area contributed by atoms with Crippen LogP contribution in [0.5, 0.6) is 5.75 Å². The van der Waals surface area contributed by atoms with E-state index in [0.717, 1.165) is 5.39 Å². The number of fused-ring (bicyclic) bond motifs is 3. The highest BCUT2D eigenvalue weighted by Gasteiger charge is 2.14. The van der Waals surface area contributed by atoms with Gasteiger partial charge < -0.3 is 4.74 Å². The zero-order valence-electron chi connectivity index (χ0n) is 11.6. The third kappa shape index (κ3) is 1.76. The second-order valence-corrected chi connectivity index (χ2v) is 4.75. The molecule has 0 aliphatic rings. The van der Waals surface area contributed by atoms with Crippen LogP contribution < -0.4 is 10.3 Å². The normalized spacial score (nSPS) is 11.1. The lowest BCUT2D eigenvalue weighted by molar-refractivity contribution is 0.415. The van der Waals surface area contributed by atoms with Gasteiger partial charge >= 0.3 is 5.56 Å². The van der Waals surface area contributed by atoms with Crippen LogP contribution in [-0.4, -0.2) is 32.1 Å². The molecule has 0 amide bonds. The first-order valence-corrected chi connectivity index (χ1v) is 6.64. The SMILES string of the molecule is COc1ccc2nnc3c(=O)n(-c4ccccn4)[nH]c3c2c1. The molecule has 7 nitrogen and oxygen atoms in total. The second-order valence-electron chi connectivity index (χ2n) is 4.75. The summed E-state index contributed by atoms with van der Waals surface area (Å²) < 4.78 is 6.59. The first-order chi connectivity index (χ1) is 10.8. The second kappa shape index (κ2) is 4.66. The van der Waals surface area contributed by atoms with Gasteiger partial charge in [0.1, 0.15) is 5.75 Å². The molecule has 4 rings (SSSR count). The molecule has 0 spiro atoms. The summed E-state index contributed by atoms with van der Waals surface area (Å²) in [5.41, 5.74) is 1.28. The standard InChI is InChI=1S/C15H11N5O2/c1-22-9-5-6-11-10(8-9)13-14(18-17-11)15(21)20(19-13)12-4-2-3-7-16-12/h2-8,19H,1H3. The number of aromatic amines is 1. The van der Waals surface area contributed by atoms with Crippen LogP contribution in [0.25, 0.3) is 27.8 Å². The van der Waals surface area contributed by atoms with Crippen LogP contribution >= 0.6 is 0 Å². The Morgan fingerprint density at radius 3 is 2.86 bits per heavy atom. The van der Waals surface area contributed by atoms with Gasteiger partial charge in [-0.1, -0.05) is 6.07 Å². The zero-order valence-corrected chi connectivity index (χ0v) is 11.6. The van der Waals surface area contributed by atoms with E-state index in [1.165, 1.54) is 4.68 Å². The minimum absolute atomic E-state index is 0.270. The number of hydrogen-bond acceptors (Lipinski definition) is 5. The molecule has 0 saturated carbocycles. The van der Waals surface area contributed by atoms with Crippen molar-refractivity contribution in [3.05, 3.63) is 52.9 Å². The maximum atomic E-state index is 12.5. The van der Waals surface area contributed by atoms with E-state index >= 15 is 0 Å². The predicted octanol–water partition coefficient (Wildman–Crippen LogP) is 1.67. The number of hydrogen-bond donors (Lipinski definition) is 1. The lowest BCUT2D eigenvalue weighted by atomic mass is 10.2. The predicted molar refractivity (Wildman–Crippen MR) is 81.3 cm³/mol. The van der Waals surface area contributed by atoms with Gasteiger partial charge in [-0.15, -0.1) is 10.2 Å². The van der Waals surface area contributed by atoms with Gasteiger partial charge in [0.05, 0.1) is 18.1 Å². The van der Waals surface area contributed by atoms with Gasteiger partial charge in [-0.3, -0.25) is 9.89 Å². The van der Waals surface area contributed by atoms with E-state index < -0.39 is 0 Å². The Labute approximate surface area is 124 Å². The Hall–Kier alpha value is -3.22. The average Bonchev–Trinajstić information content (AvgIpc) is 2.92. The third-order valence-corrected chi connectivity index (χ3v) is 3.48. The number of methoxy groups -OCH3 is 1. The van der Waals surface area contributed by atoms with E-state index in [2.05, 4.69) is 20.3 Å². The number of ether oxygens (including phenoxy) is 1. The number of aromatic nitrogens is 5. The minimum atomic E-state index is -0.286. The molecule has 4 aromatic rings. The van der Waals surface area contributed by atoms with Gasteiger partial charge in [-0.05, 0) is 30.3 Å². The third-order valence-electron chi connectivity index (χ3n) is 3.48. The molecule has 0 fully saturated rings. The first-order valence-electron chi connectivity index (χ1n) is 6.64. The van der Waals surface area contributed by atoms with Crippen molar-refractivity contribution in [3.8, 4) is 11.6 Å². The van der Waals surface area contributed by atoms with E-state index in [1.807, 2.05) is 12.1 Å². The number of nitrogens with zero attached hydrogens (tertiary/aromatic N) is 4. The number of H-pyrrole nitrogens is 1. The van der Waals surface area contributed by atoms with E-state index in [-0.39, 0.29) is 11.1 Å². The van der Waals surface area contributed by atoms with Crippen molar-refractivity contribution >= 4 is 21.9 Å². The molecule has 108 valence electrons. The molecular weight excluding hydrogens is 282 g/mol. The molecule has 0 saturated heterocycles. The molecule has 0 unspecified atom stereocenters. The van der Waals surface area contributed by atoms with E-state index in [4.69, 9.17) is 4.74 Å². The maximum Gasteiger partial charge on any atom is 0.301 e. The molecule has 3 heterocycles. The summed E-state index contributed by atoms with van der Waals surface area (Å²) in [5.74, 6) is 1.19. The van der Waals surface area contributed by atoms with Gasteiger partial charge in [-0.25, -0.2) is 4.98 Å². The number of rotatable bonds is 2. The molecule has 0 atom stereocenters. The quantitative estimate of drug-likeness (QED) is 0.607. The van der Waals surface area contributed by atoms with Gasteiger partial charge in [0.15, 0.2) is 11.3 Å². The Morgan fingerprint density at radius 1 is 1.18 bits per heavy atom. The number of nitrogens with one attached hydrogen (secondary N) is 1. The largest absolute Gasteiger partial charge is 0.497 e. The fourth-order valence-corrected chi connectivity index (χ4v) is 2.39. The van der Waals surface area contributed by atoms with Crippen LogP contribution in [0.4, 0.5) is 0 Å². The molecule has 22 heavy (non-hydrogen) atoms. The maximum absolute atomic E-state index is 12.5. The molecule has 1 N–H and O–H groups in total. The van der Waals surface area contributed by atoms with Crippen LogP contribution in [0.2, 0.25) is 0 Å². The van der Waals surface area contributed by atoms with E-state index in [1.54, 1.807) is 37.6 Å². The average molecular weight is 293 g/mol. The lowest BCUT2D eigenvalue weighted by Gasteiger charge is -2.01. The Bertz CT molecular complexity index is 1040. The summed E-state index contributed by atoms with van der Waals surface area (Å²) in [4.78, 5) is 16.7. The van der Waals surface area contributed by atoms with Crippen molar-refractivity contribution in [3.63, 3.8) is 0 Å². The van der Waals surface area contributed by atoms with Crippen molar-refractivity contribution in [2.45, 2.75) is 0 Å². The molecule has 0 radical (unpaired) electrons. The summed E-state index contributed by atoms with van der Waals surface area (Å²) in [7, 11) is 1.59. The Kier molecular flexibility index (Phi) is 2.65. The monoisotopic (exact) mass is 293 g/mol. The smallest absolute Gasteiger partial charge is 0.301 e. The van der Waals surface area contributed by atoms with Crippen LogP contribution in [0.3, 0.4) is 0 Å². The fraction of sp³-hybridized carbons (Fsp3) is 0.0667. The van der Waals surface area contributed by atoms with Crippen molar-refractivity contribution < 1.29 is 4.74 Å². The highest BCUT2D eigenvalue weighted by Crippen LogP contribution is 2.23. The summed E-state index contributed by atoms with van der Waals surface area (Å²) in [5, 5.41) is 12.0. The summed E-state index contributed by atoms with van der Waals surface area (Å²) in [6.07, 6.45) is 1.63. The van der Waals surface area contributed by atoms with E-state index in [9.17, 15) is 4.79 Å². The highest BCUT2D eigenvalue weighted by atomic mass is 16.5. The Morgan fingerprint density at radius 2 is 2.09 bits per heavy atom. The van der Waals surface area contributed by atoms with Crippen LogP contribution in [-0.2, 0) is 0 Å². The molecule has 1 aromatic carbocycles. The minimum Gasteiger partial charge on any atom is -0.497 e. The molecule has 0 aliphatic carbocycles. The van der Waals surface area contributed by atoms with E-state index in [0.29, 0.717) is 22.6 Å². The van der Waals surface area contributed by atoms with Gasteiger partial charge in [0.2, 0.25) is 0 Å². The fourth-order valence-electron chi connectivity index (χ4n) is 2.39. The van der Waals surface area contributed by atoms with Crippen LogP contribution in [0.15, 0.2) is 47.4 Å². The molecule has 0 bridgehead atoms. The van der Waals surface area contributed by atoms with Gasteiger partial charge in [0, 0.05) is 11.6 Å². The molecule has 3 aromatic heterocycles. The van der Waals surface area contributed by atoms with Gasteiger partial charge in [-0.2, -0.15) is 4.68 Å². The number of pyridine rings is 1. The number of benzene rings is 1. The van der Waals surface area contributed by atoms with Crippen molar-refractivity contribution in [2.24, 2.45) is 0 Å². The first kappa shape index (κ1) is 12.5. The molecule has 0 aliphatic heterocycles. The molecular formula is C15H11N5O2. The van der Waals surface area contributed by atoms with Crippen LogP contribution in [0.1, 0.15) is 0 Å². The van der Waals surface area contributed by atoms with Crippen LogP contribution in [0, 0.1) is 0 Å². The lowest BCUT2D eigenvalue weighted by Crippen LogP contribution is -2.15. The summed E-state index contributed by atoms with van der Waals surface area (Å²) in [6, 6.07) is 10.8. The van der Waals surface area contributed by atoms with Crippen molar-refractivity contribution in [1.29, 1.82) is 0 Å². The van der Waals surface area contributed by atoms with Gasteiger partial charge in [0.25, 0.3) is 0 Å². The Balaban J connectivity index is 2.09. The van der Waals surface area contributed by atoms with Crippen molar-refractivity contribution in [2.75, 3.05) is 7.11 Å². The summed E-state index contributed by atoms with van der Waals surface area (Å²) in [6.45, 7) is 0. The highest BCUT2D eigenvalue weighted by molar-refractivity contribution is 6.01.